The van der Waals surface area contributed by atoms with Gasteiger partial charge in [0.1, 0.15) is 0 Å². The summed E-state index contributed by atoms with van der Waals surface area (Å²) < 4.78 is 0. The third-order valence-corrected chi connectivity index (χ3v) is 5.30. The second kappa shape index (κ2) is 8.34. The van der Waals surface area contributed by atoms with Crippen molar-refractivity contribution in [2.75, 3.05) is 13.1 Å². The molecule has 1 atom stereocenters. The lowest BCUT2D eigenvalue weighted by Gasteiger charge is -2.36. The molecule has 0 aromatic heterocycles. The summed E-state index contributed by atoms with van der Waals surface area (Å²) in [6.07, 6.45) is 4.95. The number of carbonyl (C=O) groups excluding carboxylic acids is 2. The molecular formula is C20H26N2O4. The maximum Gasteiger partial charge on any atom is 0.303 e. The molecule has 2 aliphatic rings. The summed E-state index contributed by atoms with van der Waals surface area (Å²) in [4.78, 5) is 39.4. The molecular weight excluding hydrogens is 332 g/mol. The molecule has 0 spiro atoms. The van der Waals surface area contributed by atoms with Crippen LogP contribution in [0, 0.1) is 0 Å². The molecule has 0 radical (unpaired) electrons. The fourth-order valence-corrected chi connectivity index (χ4v) is 3.92. The quantitative estimate of drug-likeness (QED) is 0.848. The van der Waals surface area contributed by atoms with Gasteiger partial charge in [0.2, 0.25) is 5.91 Å². The zero-order valence-electron chi connectivity index (χ0n) is 15.0. The molecule has 0 aliphatic carbocycles. The highest BCUT2D eigenvalue weighted by Gasteiger charge is 2.28. The minimum Gasteiger partial charge on any atom is -0.481 e. The molecule has 1 aromatic carbocycles. The molecule has 2 amide bonds. The molecule has 2 aliphatic heterocycles. The summed E-state index contributed by atoms with van der Waals surface area (Å²) >= 11 is 0. The topological polar surface area (TPSA) is 77.9 Å². The van der Waals surface area contributed by atoms with Crippen LogP contribution in [0.15, 0.2) is 24.3 Å². The van der Waals surface area contributed by atoms with Crippen molar-refractivity contribution in [3.63, 3.8) is 0 Å². The van der Waals surface area contributed by atoms with Gasteiger partial charge in [0, 0.05) is 44.1 Å². The molecule has 0 saturated carbocycles. The number of amides is 2. The van der Waals surface area contributed by atoms with E-state index in [1.165, 1.54) is 0 Å². The Hall–Kier alpha value is -2.37. The summed E-state index contributed by atoms with van der Waals surface area (Å²) in [6, 6.07) is 7.48. The number of rotatable bonds is 6. The van der Waals surface area contributed by atoms with Gasteiger partial charge in [-0.1, -0.05) is 12.1 Å². The number of carbonyl (C=O) groups is 3. The summed E-state index contributed by atoms with van der Waals surface area (Å²) in [7, 11) is 0. The minimum atomic E-state index is -0.819. The Morgan fingerprint density at radius 2 is 2.00 bits per heavy atom. The van der Waals surface area contributed by atoms with E-state index in [-0.39, 0.29) is 24.3 Å². The van der Waals surface area contributed by atoms with Crippen molar-refractivity contribution >= 4 is 17.8 Å². The van der Waals surface area contributed by atoms with Crippen LogP contribution in [-0.4, -0.2) is 51.8 Å². The molecule has 2 saturated heterocycles. The molecule has 2 fully saturated rings. The first kappa shape index (κ1) is 18.4. The molecule has 6 nitrogen and oxygen atoms in total. The third kappa shape index (κ3) is 4.42. The fraction of sp³-hybridized carbons (Fsp3) is 0.550. The molecule has 3 rings (SSSR count). The van der Waals surface area contributed by atoms with Crippen molar-refractivity contribution < 1.29 is 19.5 Å². The average molecular weight is 358 g/mol. The number of hydrogen-bond donors (Lipinski definition) is 1. The van der Waals surface area contributed by atoms with Crippen molar-refractivity contribution in [1.82, 2.24) is 9.80 Å². The van der Waals surface area contributed by atoms with Gasteiger partial charge in [0.25, 0.3) is 5.91 Å². The van der Waals surface area contributed by atoms with E-state index in [4.69, 9.17) is 5.11 Å². The lowest BCUT2D eigenvalue weighted by Crippen LogP contribution is -2.44. The molecule has 0 bridgehead atoms. The van der Waals surface area contributed by atoms with Crippen molar-refractivity contribution in [3.8, 4) is 0 Å². The van der Waals surface area contributed by atoms with Crippen LogP contribution >= 0.6 is 0 Å². The minimum absolute atomic E-state index is 0.00355. The zero-order chi connectivity index (χ0) is 18.5. The molecule has 140 valence electrons. The van der Waals surface area contributed by atoms with Crippen LogP contribution in [0.3, 0.4) is 0 Å². The highest BCUT2D eigenvalue weighted by Crippen LogP contribution is 2.24. The van der Waals surface area contributed by atoms with E-state index in [1.807, 2.05) is 28.0 Å². The number of carboxylic acid groups (broad SMARTS) is 1. The van der Waals surface area contributed by atoms with Crippen LogP contribution in [0.1, 0.15) is 60.9 Å². The van der Waals surface area contributed by atoms with E-state index in [0.717, 1.165) is 37.8 Å². The van der Waals surface area contributed by atoms with Crippen LogP contribution in [0.4, 0.5) is 0 Å². The van der Waals surface area contributed by atoms with E-state index >= 15 is 0 Å². The SMILES string of the molecule is O=C(O)CC[C@@H]1CCCCN1C(=O)c1cccc(CN2CCCC2=O)c1. The number of nitrogens with zero attached hydrogens (tertiary/aromatic N) is 2. The van der Waals surface area contributed by atoms with Crippen LogP contribution in [0.25, 0.3) is 0 Å². The van der Waals surface area contributed by atoms with Gasteiger partial charge in [0.05, 0.1) is 0 Å². The third-order valence-electron chi connectivity index (χ3n) is 5.30. The fourth-order valence-electron chi connectivity index (χ4n) is 3.92. The van der Waals surface area contributed by atoms with Crippen molar-refractivity contribution in [2.45, 2.75) is 57.5 Å². The van der Waals surface area contributed by atoms with Gasteiger partial charge in [-0.2, -0.15) is 0 Å². The number of hydrogen-bond acceptors (Lipinski definition) is 3. The Labute approximate surface area is 153 Å². The average Bonchev–Trinajstić information content (AvgIpc) is 3.04. The van der Waals surface area contributed by atoms with Crippen LogP contribution < -0.4 is 0 Å². The molecule has 26 heavy (non-hydrogen) atoms. The van der Waals surface area contributed by atoms with Crippen molar-refractivity contribution in [1.29, 1.82) is 0 Å². The lowest BCUT2D eigenvalue weighted by molar-refractivity contribution is -0.137. The van der Waals surface area contributed by atoms with E-state index in [1.54, 1.807) is 6.07 Å². The van der Waals surface area contributed by atoms with Crippen LogP contribution in [0.5, 0.6) is 0 Å². The summed E-state index contributed by atoms with van der Waals surface area (Å²) in [5.74, 6) is -0.679. The van der Waals surface area contributed by atoms with Gasteiger partial charge in [-0.05, 0) is 49.8 Å². The van der Waals surface area contributed by atoms with E-state index < -0.39 is 5.97 Å². The second-order valence-electron chi connectivity index (χ2n) is 7.20. The maximum atomic E-state index is 13.0. The molecule has 6 heteroatoms. The first-order valence-electron chi connectivity index (χ1n) is 9.44. The highest BCUT2D eigenvalue weighted by atomic mass is 16.4. The van der Waals surface area contributed by atoms with Gasteiger partial charge in [-0.3, -0.25) is 14.4 Å². The summed E-state index contributed by atoms with van der Waals surface area (Å²) in [5, 5.41) is 8.94. The molecule has 1 N–H and O–H groups in total. The number of aliphatic carboxylic acids is 1. The summed E-state index contributed by atoms with van der Waals surface area (Å²) in [6.45, 7) is 2.00. The second-order valence-corrected chi connectivity index (χ2v) is 7.20. The Balaban J connectivity index is 1.70. The number of carboxylic acids is 1. The normalized spacial score (nSPS) is 20.5. The first-order valence-corrected chi connectivity index (χ1v) is 9.44. The standard InChI is InChI=1S/C20H26N2O4/c23-18-8-4-11-21(18)14-15-5-3-6-16(13-15)20(26)22-12-2-1-7-17(22)9-10-19(24)25/h3,5-6,13,17H,1-2,4,7-12,14H2,(H,24,25)/t17-/m0/s1. The number of piperidine rings is 1. The predicted octanol–water partition coefficient (Wildman–Crippen LogP) is 2.67. The van der Waals surface area contributed by atoms with Gasteiger partial charge in [-0.25, -0.2) is 0 Å². The lowest BCUT2D eigenvalue weighted by atomic mass is 9.96. The van der Waals surface area contributed by atoms with Gasteiger partial charge in [-0.15, -0.1) is 0 Å². The monoisotopic (exact) mass is 358 g/mol. The number of likely N-dealkylation sites (tertiary alicyclic amines) is 2. The van der Waals surface area contributed by atoms with Gasteiger partial charge >= 0.3 is 5.97 Å². The maximum absolute atomic E-state index is 13.0. The Bertz CT molecular complexity index is 688. The van der Waals surface area contributed by atoms with Crippen molar-refractivity contribution in [2.24, 2.45) is 0 Å². The van der Waals surface area contributed by atoms with Crippen LogP contribution in [-0.2, 0) is 16.1 Å². The molecule has 2 heterocycles. The Morgan fingerprint density at radius 3 is 2.73 bits per heavy atom. The van der Waals surface area contributed by atoms with E-state index in [0.29, 0.717) is 31.5 Å². The van der Waals surface area contributed by atoms with E-state index in [2.05, 4.69) is 0 Å². The Morgan fingerprint density at radius 1 is 1.15 bits per heavy atom. The van der Waals surface area contributed by atoms with Crippen LogP contribution in [0.2, 0.25) is 0 Å². The van der Waals surface area contributed by atoms with Gasteiger partial charge in [0.15, 0.2) is 0 Å². The highest BCUT2D eigenvalue weighted by molar-refractivity contribution is 5.94. The molecule has 1 aromatic rings. The Kier molecular flexibility index (Phi) is 5.91. The first-order chi connectivity index (χ1) is 12.5. The van der Waals surface area contributed by atoms with Gasteiger partial charge < -0.3 is 14.9 Å². The predicted molar refractivity (Wildman–Crippen MR) is 96.6 cm³/mol. The smallest absolute Gasteiger partial charge is 0.303 e. The zero-order valence-corrected chi connectivity index (χ0v) is 15.0. The van der Waals surface area contributed by atoms with E-state index in [9.17, 15) is 14.4 Å². The van der Waals surface area contributed by atoms with Crippen molar-refractivity contribution in [3.05, 3.63) is 35.4 Å². The largest absolute Gasteiger partial charge is 0.481 e. The molecule has 0 unspecified atom stereocenters. The summed E-state index contributed by atoms with van der Waals surface area (Å²) in [5.41, 5.74) is 1.58. The number of benzene rings is 1.